The second kappa shape index (κ2) is 5.76. The van der Waals surface area contributed by atoms with Gasteiger partial charge in [0, 0.05) is 21.9 Å². The van der Waals surface area contributed by atoms with E-state index in [1.165, 1.54) is 0 Å². The van der Waals surface area contributed by atoms with Gasteiger partial charge in [-0.25, -0.2) is 0 Å². The molecule has 3 atom stereocenters. The molecule has 110 valence electrons. The number of nitrogens with zero attached hydrogens (tertiary/aromatic N) is 1. The minimum atomic E-state index is -0.658. The Balaban J connectivity index is 2.87. The molecule has 1 rings (SSSR count). The smallest absolute Gasteiger partial charge is 0.225 e. The quantitative estimate of drug-likeness (QED) is 0.591. The highest BCUT2D eigenvalue weighted by Crippen LogP contribution is 2.35. The van der Waals surface area contributed by atoms with E-state index in [0.717, 1.165) is 11.9 Å². The Labute approximate surface area is 117 Å². The van der Waals surface area contributed by atoms with E-state index in [1.54, 1.807) is 34.6 Å². The van der Waals surface area contributed by atoms with Crippen molar-refractivity contribution >= 4 is 17.9 Å². The van der Waals surface area contributed by atoms with Gasteiger partial charge in [-0.3, -0.25) is 4.79 Å². The van der Waals surface area contributed by atoms with Gasteiger partial charge >= 0.3 is 0 Å². The van der Waals surface area contributed by atoms with E-state index in [1.807, 2.05) is 0 Å². The molecule has 0 aromatic rings. The molecule has 1 amide bonds. The van der Waals surface area contributed by atoms with Crippen LogP contribution in [-0.4, -0.2) is 40.6 Å². The lowest BCUT2D eigenvalue weighted by molar-refractivity contribution is -0.180. The minimum absolute atomic E-state index is 0.153. The molecule has 6 nitrogen and oxygen atoms in total. The molecular weight excluding hydrogens is 268 g/mol. The number of ether oxygens (including phenoxy) is 1. The molecule has 1 saturated heterocycles. The van der Waals surface area contributed by atoms with Gasteiger partial charge in [-0.05, 0) is 13.8 Å². The maximum Gasteiger partial charge on any atom is 0.225 e. The molecule has 0 radical (unpaired) electrons. The monoisotopic (exact) mass is 290 g/mol. The number of rotatable bonds is 5. The van der Waals surface area contributed by atoms with Crippen molar-refractivity contribution in [3.8, 4) is 0 Å². The first-order chi connectivity index (χ1) is 8.59. The third-order valence-corrected chi connectivity index (χ3v) is 3.96. The molecule has 0 aliphatic carbocycles. The van der Waals surface area contributed by atoms with Crippen LogP contribution in [0.15, 0.2) is 4.58 Å². The topological polar surface area (TPSA) is 88.0 Å². The highest BCUT2D eigenvalue weighted by atomic mass is 32.2. The number of nitrogens with one attached hydrogen (secondary N) is 1. The number of nitroso groups, excluding NO2 is 1. The number of aliphatic hydroxyl groups excluding tert-OH is 1. The van der Waals surface area contributed by atoms with Crippen LogP contribution in [0, 0.1) is 10.3 Å². The van der Waals surface area contributed by atoms with Crippen LogP contribution < -0.4 is 5.32 Å². The van der Waals surface area contributed by atoms with Gasteiger partial charge in [0.2, 0.25) is 5.91 Å². The molecule has 1 fully saturated rings. The van der Waals surface area contributed by atoms with E-state index in [0.29, 0.717) is 0 Å². The van der Waals surface area contributed by atoms with E-state index in [4.69, 9.17) is 4.74 Å². The zero-order chi connectivity index (χ0) is 14.8. The summed E-state index contributed by atoms with van der Waals surface area (Å²) in [6.07, 6.45) is -1.13. The molecule has 1 aliphatic heterocycles. The Bertz CT molecular complexity index is 354. The molecule has 1 aliphatic rings. The van der Waals surface area contributed by atoms with Crippen molar-refractivity contribution in [2.45, 2.75) is 57.6 Å². The molecule has 2 N–H and O–H groups in total. The fourth-order valence-electron chi connectivity index (χ4n) is 1.77. The van der Waals surface area contributed by atoms with Crippen molar-refractivity contribution in [3.05, 3.63) is 4.91 Å². The number of amides is 1. The summed E-state index contributed by atoms with van der Waals surface area (Å²) in [6, 6.07) is -0.481. The van der Waals surface area contributed by atoms with Crippen molar-refractivity contribution in [2.24, 2.45) is 10.00 Å². The van der Waals surface area contributed by atoms with Crippen LogP contribution in [-0.2, 0) is 9.53 Å². The van der Waals surface area contributed by atoms with Crippen LogP contribution in [0.2, 0.25) is 0 Å². The second-order valence-corrected chi connectivity index (χ2v) is 7.72. The van der Waals surface area contributed by atoms with Gasteiger partial charge in [0.25, 0.3) is 0 Å². The van der Waals surface area contributed by atoms with E-state index >= 15 is 0 Å². The highest BCUT2D eigenvalue weighted by Gasteiger charge is 2.47. The molecule has 1 heterocycles. The second-order valence-electron chi connectivity index (χ2n) is 6.34. The fraction of sp³-hybridized carbons (Fsp3) is 0.917. The standard InChI is InChI=1S/C12H22N2O4S/c1-11(2,3)10(16)13-9(8-7(15)6-18-8)12(4,5)19-14-17/h7-9,15H,6H2,1-5H3,(H,13,16)/t7?,8?,9-/m0/s1. The zero-order valence-electron chi connectivity index (χ0n) is 12.0. The number of hydrogen-bond acceptors (Lipinski definition) is 6. The summed E-state index contributed by atoms with van der Waals surface area (Å²) in [5, 5.41) is 12.6. The summed E-state index contributed by atoms with van der Waals surface area (Å²) in [6.45, 7) is 9.24. The molecule has 0 aromatic carbocycles. The average molecular weight is 290 g/mol. The Hall–Kier alpha value is -0.660. The average Bonchev–Trinajstić information content (AvgIpc) is 2.24. The van der Waals surface area contributed by atoms with Crippen molar-refractivity contribution < 1.29 is 14.6 Å². The lowest BCUT2D eigenvalue weighted by Crippen LogP contribution is -2.65. The summed E-state index contributed by atoms with van der Waals surface area (Å²) in [4.78, 5) is 22.6. The van der Waals surface area contributed by atoms with Crippen LogP contribution in [0.25, 0.3) is 0 Å². The first-order valence-electron chi connectivity index (χ1n) is 6.21. The SMILES string of the molecule is CC(C)(C)C(=O)N[C@@H](C1OCC1O)C(C)(C)SN=O. The van der Waals surface area contributed by atoms with Crippen LogP contribution in [0.1, 0.15) is 34.6 Å². The van der Waals surface area contributed by atoms with Crippen LogP contribution in [0.5, 0.6) is 0 Å². The number of hydrogen-bond donors (Lipinski definition) is 2. The van der Waals surface area contributed by atoms with Gasteiger partial charge in [-0.1, -0.05) is 20.8 Å². The van der Waals surface area contributed by atoms with Crippen molar-refractivity contribution in [3.63, 3.8) is 0 Å². The van der Waals surface area contributed by atoms with E-state index < -0.39 is 28.4 Å². The number of carbonyl (C=O) groups excluding carboxylic acids is 1. The molecule has 0 saturated carbocycles. The Kier molecular flexibility index (Phi) is 4.97. The third kappa shape index (κ3) is 3.90. The summed E-state index contributed by atoms with van der Waals surface area (Å²) >= 11 is 0.838. The maximum atomic E-state index is 12.1. The minimum Gasteiger partial charge on any atom is -0.388 e. The van der Waals surface area contributed by atoms with E-state index in [9.17, 15) is 14.8 Å². The van der Waals surface area contributed by atoms with Gasteiger partial charge in [-0.15, -0.1) is 4.91 Å². The molecule has 19 heavy (non-hydrogen) atoms. The van der Waals surface area contributed by atoms with E-state index in [2.05, 4.69) is 9.90 Å². The summed E-state index contributed by atoms with van der Waals surface area (Å²) < 4.78 is 7.51. The Morgan fingerprint density at radius 3 is 2.32 bits per heavy atom. The van der Waals surface area contributed by atoms with Crippen molar-refractivity contribution in [2.75, 3.05) is 6.61 Å². The normalized spacial score (nSPS) is 25.4. The Morgan fingerprint density at radius 2 is 2.00 bits per heavy atom. The van der Waals surface area contributed by atoms with Crippen molar-refractivity contribution in [1.29, 1.82) is 0 Å². The maximum absolute atomic E-state index is 12.1. The fourth-order valence-corrected chi connectivity index (χ4v) is 2.27. The van der Waals surface area contributed by atoms with Crippen molar-refractivity contribution in [1.82, 2.24) is 5.32 Å². The first kappa shape index (κ1) is 16.4. The molecule has 0 bridgehead atoms. The van der Waals surface area contributed by atoms with Gasteiger partial charge in [-0.2, -0.15) is 0 Å². The largest absolute Gasteiger partial charge is 0.388 e. The summed E-state index contributed by atoms with van der Waals surface area (Å²) in [5.74, 6) is -0.153. The van der Waals surface area contributed by atoms with Gasteiger partial charge in [0.05, 0.1) is 17.4 Å². The van der Waals surface area contributed by atoms with Crippen LogP contribution >= 0.6 is 11.9 Å². The lowest BCUT2D eigenvalue weighted by atomic mass is 9.88. The van der Waals surface area contributed by atoms with Crippen LogP contribution in [0.4, 0.5) is 0 Å². The third-order valence-electron chi connectivity index (χ3n) is 3.16. The summed E-state index contributed by atoms with van der Waals surface area (Å²) in [5.41, 5.74) is -0.553. The van der Waals surface area contributed by atoms with E-state index in [-0.39, 0.29) is 12.5 Å². The molecular formula is C12H22N2O4S. The van der Waals surface area contributed by atoms with Crippen LogP contribution in [0.3, 0.4) is 0 Å². The molecule has 2 unspecified atom stereocenters. The molecule has 0 spiro atoms. The number of aliphatic hydroxyl groups is 1. The Morgan fingerprint density at radius 1 is 1.42 bits per heavy atom. The molecule has 7 heteroatoms. The molecule has 0 aromatic heterocycles. The highest BCUT2D eigenvalue weighted by molar-refractivity contribution is 7.99. The predicted octanol–water partition coefficient (Wildman–Crippen LogP) is 1.47. The summed E-state index contributed by atoms with van der Waals surface area (Å²) in [7, 11) is 0. The van der Waals surface area contributed by atoms with Gasteiger partial charge in [0.15, 0.2) is 0 Å². The van der Waals surface area contributed by atoms with Gasteiger partial charge < -0.3 is 15.2 Å². The first-order valence-corrected chi connectivity index (χ1v) is 6.98. The lowest BCUT2D eigenvalue weighted by Gasteiger charge is -2.45. The zero-order valence-corrected chi connectivity index (χ0v) is 12.8. The number of carbonyl (C=O) groups is 1. The van der Waals surface area contributed by atoms with Gasteiger partial charge in [0.1, 0.15) is 12.2 Å². The predicted molar refractivity (Wildman–Crippen MR) is 74.6 cm³/mol.